The molecule has 0 amide bonds. The van der Waals surface area contributed by atoms with Gasteiger partial charge < -0.3 is 27.4 Å². The normalized spacial score (nSPS) is 11.9. The largest absolute Gasteiger partial charge is 0.309 e. The molecule has 0 saturated carbocycles. The molecule has 20 aromatic carbocycles. The molecule has 26 rings (SSSR count). The highest BCUT2D eigenvalue weighted by Gasteiger charge is 2.26. The van der Waals surface area contributed by atoms with Gasteiger partial charge in [-0.15, -0.1) is 0 Å². The summed E-state index contributed by atoms with van der Waals surface area (Å²) in [4.78, 5) is 0. The SMILES string of the molecule is c1ccc(-c2ccc(-n3c4ccccc4c4cc(-c5ccc6c(c5)c5c(ccc7c8ccccc8n(-c8ccccc8)c75)n6-c5ccc6ccccc6c5)ccc43)cc2)cc1.c1ccc(-c2ccc(-n3c4ccccc4c4cc(-c5ccc6c(c5)c5c7c8ccccc8n(-c8ccccc8)c7ccc5n6-c5ccc6ccccc6c5)ccc43)cc2)cc1. The average molecular weight is 1550 g/mol. The zero-order valence-corrected chi connectivity index (χ0v) is 66.4. The van der Waals surface area contributed by atoms with Crippen LogP contribution in [0.3, 0.4) is 0 Å². The van der Waals surface area contributed by atoms with E-state index in [1.165, 1.54) is 197 Å². The zero-order valence-electron chi connectivity index (χ0n) is 66.4. The van der Waals surface area contributed by atoms with Crippen molar-refractivity contribution in [3.05, 3.63) is 449 Å². The van der Waals surface area contributed by atoms with E-state index in [9.17, 15) is 0 Å². The number of hydrogen-bond acceptors (Lipinski definition) is 0. The molecule has 0 aliphatic heterocycles. The minimum Gasteiger partial charge on any atom is -0.309 e. The highest BCUT2D eigenvalue weighted by atomic mass is 15.0. The van der Waals surface area contributed by atoms with Crippen molar-refractivity contribution in [2.45, 2.75) is 0 Å². The third-order valence-corrected chi connectivity index (χ3v) is 25.6. The van der Waals surface area contributed by atoms with E-state index < -0.39 is 0 Å². The molecular weight excluding hydrogens is 1480 g/mol. The predicted molar refractivity (Wildman–Crippen MR) is 516 cm³/mol. The van der Waals surface area contributed by atoms with Crippen molar-refractivity contribution in [2.75, 3.05) is 0 Å². The smallest absolute Gasteiger partial charge is 0.0641 e. The van der Waals surface area contributed by atoms with Gasteiger partial charge in [0.2, 0.25) is 0 Å². The summed E-state index contributed by atoms with van der Waals surface area (Å²) >= 11 is 0. The van der Waals surface area contributed by atoms with Crippen LogP contribution in [0, 0.1) is 0 Å². The van der Waals surface area contributed by atoms with Gasteiger partial charge >= 0.3 is 0 Å². The van der Waals surface area contributed by atoms with Gasteiger partial charge in [0.25, 0.3) is 0 Å². The summed E-state index contributed by atoms with van der Waals surface area (Å²) in [5, 5.41) is 19.9. The molecule has 0 spiro atoms. The van der Waals surface area contributed by atoms with Crippen molar-refractivity contribution in [3.63, 3.8) is 0 Å². The molecule has 6 heteroatoms. The molecule has 26 aromatic rings. The first-order chi connectivity index (χ1) is 60.5. The number of nitrogens with zero attached hydrogens (tertiary/aromatic N) is 6. The maximum Gasteiger partial charge on any atom is 0.0641 e. The fraction of sp³-hybridized carbons (Fsp3) is 0. The second-order valence-electron chi connectivity index (χ2n) is 32.3. The van der Waals surface area contributed by atoms with Crippen molar-refractivity contribution in [1.29, 1.82) is 0 Å². The summed E-state index contributed by atoms with van der Waals surface area (Å²) in [5.74, 6) is 0. The van der Waals surface area contributed by atoms with Crippen LogP contribution < -0.4 is 0 Å². The monoisotopic (exact) mass is 1550 g/mol. The molecule has 0 saturated heterocycles. The lowest BCUT2D eigenvalue weighted by Crippen LogP contribution is -1.95. The van der Waals surface area contributed by atoms with Crippen LogP contribution in [0.1, 0.15) is 0 Å². The summed E-state index contributed by atoms with van der Waals surface area (Å²) in [6.45, 7) is 0. The van der Waals surface area contributed by atoms with Crippen molar-refractivity contribution in [2.24, 2.45) is 0 Å². The first-order valence-corrected chi connectivity index (χ1v) is 42.0. The summed E-state index contributed by atoms with van der Waals surface area (Å²) < 4.78 is 14.6. The highest BCUT2D eigenvalue weighted by Crippen LogP contribution is 2.48. The van der Waals surface area contributed by atoms with Crippen LogP contribution in [-0.4, -0.2) is 27.4 Å². The second kappa shape index (κ2) is 27.7. The Morgan fingerprint density at radius 1 is 0.115 bits per heavy atom. The van der Waals surface area contributed by atoms with E-state index in [0.717, 1.165) is 34.1 Å². The van der Waals surface area contributed by atoms with Crippen molar-refractivity contribution < 1.29 is 0 Å². The maximum absolute atomic E-state index is 2.47. The lowest BCUT2D eigenvalue weighted by molar-refractivity contribution is 1.17. The van der Waals surface area contributed by atoms with E-state index in [0.29, 0.717) is 0 Å². The molecule has 0 aliphatic rings. The summed E-state index contributed by atoms with van der Waals surface area (Å²) in [6.07, 6.45) is 0. The topological polar surface area (TPSA) is 29.6 Å². The Balaban J connectivity index is 0.000000134. The first-order valence-electron chi connectivity index (χ1n) is 42.0. The maximum atomic E-state index is 2.47. The summed E-state index contributed by atoms with van der Waals surface area (Å²) in [6, 6.07) is 164. The van der Waals surface area contributed by atoms with Crippen LogP contribution >= 0.6 is 0 Å². The molecular formula is C116H74N6. The Labute approximate surface area is 702 Å². The van der Waals surface area contributed by atoms with Gasteiger partial charge in [-0.05, 0) is 230 Å². The number of para-hydroxylation sites is 6. The molecule has 568 valence electrons. The van der Waals surface area contributed by atoms with Gasteiger partial charge in [0.1, 0.15) is 0 Å². The lowest BCUT2D eigenvalue weighted by atomic mass is 9.99. The molecule has 0 aliphatic carbocycles. The third-order valence-electron chi connectivity index (χ3n) is 25.6. The number of fused-ring (bicyclic) bond motifs is 22. The number of benzene rings is 20. The number of rotatable bonds is 10. The Hall–Kier alpha value is -16.3. The van der Waals surface area contributed by atoms with E-state index in [-0.39, 0.29) is 0 Å². The van der Waals surface area contributed by atoms with Gasteiger partial charge in [0, 0.05) is 98.8 Å². The van der Waals surface area contributed by atoms with Crippen molar-refractivity contribution >= 4 is 152 Å². The molecule has 0 atom stereocenters. The highest BCUT2D eigenvalue weighted by molar-refractivity contribution is 6.30. The van der Waals surface area contributed by atoms with Crippen LogP contribution in [0.25, 0.3) is 231 Å². The molecule has 0 bridgehead atoms. The minimum absolute atomic E-state index is 1.15. The van der Waals surface area contributed by atoms with Gasteiger partial charge in [0.05, 0.1) is 66.2 Å². The average Bonchev–Trinajstić information content (AvgIpc) is 1.54. The Kier molecular flexibility index (Phi) is 15.6. The fourth-order valence-electron chi connectivity index (χ4n) is 20.1. The van der Waals surface area contributed by atoms with Crippen molar-refractivity contribution in [1.82, 2.24) is 27.4 Å². The second-order valence-corrected chi connectivity index (χ2v) is 32.3. The van der Waals surface area contributed by atoms with E-state index in [4.69, 9.17) is 0 Å². The van der Waals surface area contributed by atoms with Gasteiger partial charge in [-0.25, -0.2) is 0 Å². The fourth-order valence-corrected chi connectivity index (χ4v) is 20.1. The molecule has 122 heavy (non-hydrogen) atoms. The summed E-state index contributed by atoms with van der Waals surface area (Å²) in [7, 11) is 0. The molecule has 6 heterocycles. The predicted octanol–water partition coefficient (Wildman–Crippen LogP) is 30.9. The van der Waals surface area contributed by atoms with Crippen LogP contribution in [0.2, 0.25) is 0 Å². The van der Waals surface area contributed by atoms with Crippen LogP contribution in [0.4, 0.5) is 0 Å². The standard InChI is InChI=1S/2C58H37N3/c1-3-13-38(14-4-1)40-23-28-45(29-24-40)59-52-21-11-10-20-48(52)50-36-42(26-32-54(50)59)43-27-33-55-51(37-43)57-56(60(55)46-30-25-39-15-7-8-16-41(39)35-46)34-31-49-47-19-9-12-22-53(47)61(58(49)57)44-17-5-2-6-18-44;1-3-13-38(14-4-1)40-23-28-45(29-24-40)59-51-21-11-9-19-47(51)49-36-42(26-31-53(49)59)43-27-32-54-50(37-43)58-56(61(54)46-30-25-39-15-7-8-16-41(39)35-46)34-33-55-57(58)48-20-10-12-22-52(48)60(55)44-17-5-2-6-18-44/h2*1-37H. The molecule has 6 nitrogen and oxygen atoms in total. The van der Waals surface area contributed by atoms with E-state index >= 15 is 0 Å². The number of aromatic nitrogens is 6. The lowest BCUT2D eigenvalue weighted by Gasteiger charge is -2.11. The van der Waals surface area contributed by atoms with Gasteiger partial charge in [-0.1, -0.05) is 285 Å². The summed E-state index contributed by atoms with van der Waals surface area (Å²) in [5.41, 5.74) is 31.0. The molecule has 0 N–H and O–H groups in total. The van der Waals surface area contributed by atoms with Crippen LogP contribution in [0.15, 0.2) is 449 Å². The quantitative estimate of drug-likeness (QED) is 0.131. The minimum atomic E-state index is 1.15. The van der Waals surface area contributed by atoms with Crippen LogP contribution in [-0.2, 0) is 0 Å². The van der Waals surface area contributed by atoms with Crippen LogP contribution in [0.5, 0.6) is 0 Å². The first kappa shape index (κ1) is 68.9. The van der Waals surface area contributed by atoms with Gasteiger partial charge in [-0.2, -0.15) is 0 Å². The molecule has 0 unspecified atom stereocenters. The molecule has 0 fully saturated rings. The molecule has 0 radical (unpaired) electrons. The van der Waals surface area contributed by atoms with Gasteiger partial charge in [0.15, 0.2) is 0 Å². The Morgan fingerprint density at radius 2 is 0.377 bits per heavy atom. The van der Waals surface area contributed by atoms with Crippen molar-refractivity contribution in [3.8, 4) is 78.6 Å². The van der Waals surface area contributed by atoms with E-state index in [1.807, 2.05) is 0 Å². The zero-order chi connectivity index (χ0) is 80.0. The van der Waals surface area contributed by atoms with E-state index in [1.54, 1.807) is 0 Å². The third kappa shape index (κ3) is 10.8. The Bertz CT molecular complexity index is 8710. The van der Waals surface area contributed by atoms with Gasteiger partial charge in [-0.3, -0.25) is 0 Å². The molecule has 6 aromatic heterocycles. The van der Waals surface area contributed by atoms with E-state index in [2.05, 4.69) is 476 Å². The number of hydrogen-bond donors (Lipinski definition) is 0. The Morgan fingerprint density at radius 3 is 0.836 bits per heavy atom.